The van der Waals surface area contributed by atoms with Crippen molar-refractivity contribution in [1.29, 1.82) is 0 Å². The largest absolute Gasteiger partial charge is 0.378 e. The monoisotopic (exact) mass is 267 g/mol. The van der Waals surface area contributed by atoms with Gasteiger partial charge in [0.05, 0.1) is 6.42 Å². The number of amidine groups is 1. The molecule has 94 valence electrons. The molecule has 0 saturated heterocycles. The molecule has 5 nitrogen and oxygen atoms in total. The fraction of sp³-hybridized carbons (Fsp3) is 0.182. The first-order valence-corrected chi connectivity index (χ1v) is 6.02. The average molecular weight is 267 g/mol. The molecule has 0 aliphatic carbocycles. The summed E-state index contributed by atoms with van der Waals surface area (Å²) in [5, 5.41) is 2.08. The Labute approximate surface area is 107 Å². The molecule has 1 aliphatic rings. The van der Waals surface area contributed by atoms with Gasteiger partial charge in [0, 0.05) is 5.69 Å². The van der Waals surface area contributed by atoms with Gasteiger partial charge in [0.2, 0.25) is 11.8 Å². The van der Waals surface area contributed by atoms with Gasteiger partial charge in [-0.1, -0.05) is 11.8 Å². The third-order valence-corrected chi connectivity index (χ3v) is 3.26. The number of carbonyl (C=O) groups excluding carboxylic acids is 2. The molecule has 18 heavy (non-hydrogen) atoms. The number of hydrogen-bond acceptors (Lipinski definition) is 4. The summed E-state index contributed by atoms with van der Waals surface area (Å²) in [6.45, 7) is 0. The topological polar surface area (TPSA) is 84.5 Å². The van der Waals surface area contributed by atoms with E-state index in [4.69, 9.17) is 5.73 Å². The van der Waals surface area contributed by atoms with Crippen molar-refractivity contribution in [1.82, 2.24) is 0 Å². The van der Waals surface area contributed by atoms with Crippen LogP contribution in [-0.4, -0.2) is 22.2 Å². The zero-order valence-electron chi connectivity index (χ0n) is 9.22. The first-order valence-electron chi connectivity index (χ1n) is 5.14. The van der Waals surface area contributed by atoms with Crippen LogP contribution in [0.15, 0.2) is 29.3 Å². The number of nitrogens with zero attached hydrogens (tertiary/aromatic N) is 1. The second-order valence-corrected chi connectivity index (χ2v) is 4.87. The highest BCUT2D eigenvalue weighted by atomic mass is 32.2. The smallest absolute Gasteiger partial charge is 0.249 e. The molecule has 0 spiro atoms. The van der Waals surface area contributed by atoms with Crippen LogP contribution in [0.4, 0.5) is 10.1 Å². The summed E-state index contributed by atoms with van der Waals surface area (Å²) in [6, 6.07) is 5.37. The van der Waals surface area contributed by atoms with Crippen LogP contribution in [-0.2, 0) is 9.59 Å². The molecule has 2 rings (SSSR count). The van der Waals surface area contributed by atoms with Crippen molar-refractivity contribution in [2.45, 2.75) is 11.7 Å². The number of rotatable bonds is 2. The minimum Gasteiger partial charge on any atom is -0.378 e. The highest BCUT2D eigenvalue weighted by molar-refractivity contribution is 8.15. The molecule has 1 aromatic carbocycles. The normalized spacial score (nSPS) is 19.3. The van der Waals surface area contributed by atoms with Crippen LogP contribution < -0.4 is 11.1 Å². The molecule has 0 aromatic heterocycles. The number of thioether (sulfide) groups is 1. The van der Waals surface area contributed by atoms with Crippen molar-refractivity contribution in [2.75, 3.05) is 5.32 Å². The van der Waals surface area contributed by atoms with Crippen LogP contribution in [0.1, 0.15) is 6.42 Å². The summed E-state index contributed by atoms with van der Waals surface area (Å²) < 4.78 is 12.7. The summed E-state index contributed by atoms with van der Waals surface area (Å²) in [4.78, 5) is 26.6. The molecule has 0 radical (unpaired) electrons. The number of amides is 2. The van der Waals surface area contributed by atoms with Gasteiger partial charge in [0.25, 0.3) is 0 Å². The third kappa shape index (κ3) is 3.07. The number of anilines is 1. The van der Waals surface area contributed by atoms with Crippen molar-refractivity contribution in [2.24, 2.45) is 10.7 Å². The molecule has 3 N–H and O–H groups in total. The van der Waals surface area contributed by atoms with Gasteiger partial charge in [0.1, 0.15) is 11.1 Å². The van der Waals surface area contributed by atoms with E-state index < -0.39 is 11.2 Å². The number of benzene rings is 1. The van der Waals surface area contributed by atoms with E-state index in [0.29, 0.717) is 5.69 Å². The summed E-state index contributed by atoms with van der Waals surface area (Å²) in [5.41, 5.74) is 5.90. The Morgan fingerprint density at radius 2 is 2.11 bits per heavy atom. The SMILES string of the molecule is NC1=NC(=O)CC(C(=O)Nc2ccc(F)cc2)S1. The molecule has 2 amide bonds. The Kier molecular flexibility index (Phi) is 3.61. The maximum atomic E-state index is 12.7. The standard InChI is InChI=1S/C11H10FN3O2S/c12-6-1-3-7(4-2-6)14-10(17)8-5-9(16)15-11(13)18-8/h1-4,8H,5H2,(H,14,17)(H2,13,15,16). The fourth-order valence-corrected chi connectivity index (χ4v) is 2.28. The third-order valence-electron chi connectivity index (χ3n) is 2.26. The van der Waals surface area contributed by atoms with Gasteiger partial charge in [0.15, 0.2) is 5.17 Å². The second-order valence-electron chi connectivity index (χ2n) is 3.65. The zero-order valence-corrected chi connectivity index (χ0v) is 10.0. The van der Waals surface area contributed by atoms with E-state index in [2.05, 4.69) is 10.3 Å². The van der Waals surface area contributed by atoms with Gasteiger partial charge < -0.3 is 11.1 Å². The predicted molar refractivity (Wildman–Crippen MR) is 67.7 cm³/mol. The lowest BCUT2D eigenvalue weighted by atomic mass is 10.2. The van der Waals surface area contributed by atoms with Gasteiger partial charge in [-0.25, -0.2) is 4.39 Å². The predicted octanol–water partition coefficient (Wildman–Crippen LogP) is 1.11. The Balaban J connectivity index is 2.02. The Hall–Kier alpha value is -1.89. The van der Waals surface area contributed by atoms with E-state index in [1.807, 2.05) is 0 Å². The van der Waals surface area contributed by atoms with Gasteiger partial charge in [-0.2, -0.15) is 4.99 Å². The molecule has 1 aromatic rings. The van der Waals surface area contributed by atoms with E-state index in [1.54, 1.807) is 0 Å². The van der Waals surface area contributed by atoms with E-state index in [-0.39, 0.29) is 23.3 Å². The molecular formula is C11H10FN3O2S. The molecule has 0 bridgehead atoms. The number of carbonyl (C=O) groups is 2. The van der Waals surface area contributed by atoms with E-state index in [9.17, 15) is 14.0 Å². The van der Waals surface area contributed by atoms with Crippen molar-refractivity contribution in [3.63, 3.8) is 0 Å². The summed E-state index contributed by atoms with van der Waals surface area (Å²) in [6.07, 6.45) is 0.0123. The maximum Gasteiger partial charge on any atom is 0.249 e. The average Bonchev–Trinajstić information content (AvgIpc) is 2.31. The van der Waals surface area contributed by atoms with E-state index in [1.165, 1.54) is 24.3 Å². The van der Waals surface area contributed by atoms with Crippen molar-refractivity contribution < 1.29 is 14.0 Å². The number of halogens is 1. The summed E-state index contributed by atoms with van der Waals surface area (Å²) in [5.74, 6) is -1.14. The Morgan fingerprint density at radius 1 is 1.44 bits per heavy atom. The number of nitrogens with two attached hydrogens (primary N) is 1. The van der Waals surface area contributed by atoms with Crippen LogP contribution in [0.5, 0.6) is 0 Å². The van der Waals surface area contributed by atoms with Crippen LogP contribution in [0.3, 0.4) is 0 Å². The van der Waals surface area contributed by atoms with Crippen molar-refractivity contribution in [3.8, 4) is 0 Å². The lowest BCUT2D eigenvalue weighted by Gasteiger charge is -2.17. The van der Waals surface area contributed by atoms with Gasteiger partial charge >= 0.3 is 0 Å². The first-order chi connectivity index (χ1) is 8.54. The second kappa shape index (κ2) is 5.18. The van der Waals surface area contributed by atoms with Crippen LogP contribution in [0.2, 0.25) is 0 Å². The highest BCUT2D eigenvalue weighted by Crippen LogP contribution is 2.22. The Bertz CT molecular complexity index is 516. The van der Waals surface area contributed by atoms with Gasteiger partial charge in [-0.15, -0.1) is 0 Å². The molecule has 0 fully saturated rings. The van der Waals surface area contributed by atoms with Crippen molar-refractivity contribution in [3.05, 3.63) is 30.1 Å². The molecule has 1 atom stereocenters. The summed E-state index contributed by atoms with van der Waals surface area (Å²) in [7, 11) is 0. The summed E-state index contributed by atoms with van der Waals surface area (Å²) >= 11 is 1.04. The van der Waals surface area contributed by atoms with Gasteiger partial charge in [-0.05, 0) is 24.3 Å². The van der Waals surface area contributed by atoms with Gasteiger partial charge in [-0.3, -0.25) is 9.59 Å². The molecular weight excluding hydrogens is 257 g/mol. The van der Waals surface area contributed by atoms with Crippen molar-refractivity contribution >= 4 is 34.4 Å². The highest BCUT2D eigenvalue weighted by Gasteiger charge is 2.27. The lowest BCUT2D eigenvalue weighted by molar-refractivity contribution is -0.121. The van der Waals surface area contributed by atoms with Crippen LogP contribution >= 0.6 is 11.8 Å². The van der Waals surface area contributed by atoms with Crippen LogP contribution in [0.25, 0.3) is 0 Å². The zero-order chi connectivity index (χ0) is 13.1. The fourth-order valence-electron chi connectivity index (χ4n) is 1.44. The van der Waals surface area contributed by atoms with E-state index in [0.717, 1.165) is 11.8 Å². The minimum atomic E-state index is -0.597. The Morgan fingerprint density at radius 3 is 2.72 bits per heavy atom. The first kappa shape index (κ1) is 12.6. The lowest BCUT2D eigenvalue weighted by Crippen LogP contribution is -2.33. The minimum absolute atomic E-state index is 0.0123. The van der Waals surface area contributed by atoms with Crippen LogP contribution in [0, 0.1) is 5.82 Å². The van der Waals surface area contributed by atoms with E-state index >= 15 is 0 Å². The molecule has 0 saturated carbocycles. The maximum absolute atomic E-state index is 12.7. The number of nitrogens with one attached hydrogen (secondary N) is 1. The molecule has 1 aliphatic heterocycles. The quantitative estimate of drug-likeness (QED) is 0.840. The molecule has 1 heterocycles. The molecule has 1 unspecified atom stereocenters. The number of aliphatic imine (C=N–C) groups is 1. The molecule has 7 heteroatoms. The number of hydrogen-bond donors (Lipinski definition) is 2.